The highest BCUT2D eigenvalue weighted by atomic mass is 35.5. The summed E-state index contributed by atoms with van der Waals surface area (Å²) in [6.07, 6.45) is 2.75. The van der Waals surface area contributed by atoms with Crippen molar-refractivity contribution in [3.8, 4) is 0 Å². The lowest BCUT2D eigenvalue weighted by molar-refractivity contribution is -0.387. The molecule has 7 nitrogen and oxygen atoms in total. The molecule has 116 valence electrons. The van der Waals surface area contributed by atoms with Gasteiger partial charge in [0.25, 0.3) is 5.69 Å². The van der Waals surface area contributed by atoms with E-state index in [1.807, 2.05) is 0 Å². The molecule has 9 heteroatoms. The lowest BCUT2D eigenvalue weighted by Crippen LogP contribution is -2.31. The Balaban J connectivity index is 2.09. The smallest absolute Gasteiger partial charge is 0.290 e. The molecule has 1 aliphatic rings. The standard InChI is InChI=1S/C12H16ClN3O4S/c13-9-3-4-12(11(8-9)16(17)18)21(19,20)15-7-5-10-2-1-6-14-10/h3-4,8,10,14-15H,1-2,5-7H2/t10-/m0/s1. The first-order valence-corrected chi connectivity index (χ1v) is 8.43. The van der Waals surface area contributed by atoms with Crippen molar-refractivity contribution in [1.82, 2.24) is 10.0 Å². The van der Waals surface area contributed by atoms with Crippen LogP contribution in [0.25, 0.3) is 0 Å². The molecule has 1 heterocycles. The van der Waals surface area contributed by atoms with E-state index < -0.39 is 20.6 Å². The van der Waals surface area contributed by atoms with Crippen LogP contribution in [0, 0.1) is 10.1 Å². The van der Waals surface area contributed by atoms with Gasteiger partial charge in [-0.15, -0.1) is 0 Å². The summed E-state index contributed by atoms with van der Waals surface area (Å²) in [4.78, 5) is 9.83. The van der Waals surface area contributed by atoms with Crippen molar-refractivity contribution in [3.63, 3.8) is 0 Å². The van der Waals surface area contributed by atoms with Gasteiger partial charge in [-0.1, -0.05) is 11.6 Å². The summed E-state index contributed by atoms with van der Waals surface area (Å²) >= 11 is 5.67. The molecular weight excluding hydrogens is 318 g/mol. The summed E-state index contributed by atoms with van der Waals surface area (Å²) in [6.45, 7) is 1.18. The van der Waals surface area contributed by atoms with E-state index in [9.17, 15) is 18.5 Å². The van der Waals surface area contributed by atoms with E-state index in [0.29, 0.717) is 12.5 Å². The molecule has 1 saturated heterocycles. The Bertz CT molecular complexity index is 629. The van der Waals surface area contributed by atoms with Crippen LogP contribution in [-0.2, 0) is 10.0 Å². The zero-order valence-corrected chi connectivity index (χ0v) is 12.8. The summed E-state index contributed by atoms with van der Waals surface area (Å²) in [7, 11) is -3.92. The second kappa shape index (κ2) is 6.69. The van der Waals surface area contributed by atoms with Gasteiger partial charge in [0.2, 0.25) is 10.0 Å². The number of sulfonamides is 1. The van der Waals surface area contributed by atoms with Crippen LogP contribution in [0.4, 0.5) is 5.69 Å². The van der Waals surface area contributed by atoms with Crippen LogP contribution in [0.5, 0.6) is 0 Å². The van der Waals surface area contributed by atoms with Crippen LogP contribution in [0.15, 0.2) is 23.1 Å². The molecule has 1 aromatic carbocycles. The van der Waals surface area contributed by atoms with E-state index in [4.69, 9.17) is 11.6 Å². The molecule has 21 heavy (non-hydrogen) atoms. The Morgan fingerprint density at radius 3 is 2.86 bits per heavy atom. The first-order valence-electron chi connectivity index (χ1n) is 6.57. The SMILES string of the molecule is O=[N+]([O-])c1cc(Cl)ccc1S(=O)(=O)NCC[C@@H]1CCCN1. The number of hydrogen-bond donors (Lipinski definition) is 2. The summed E-state index contributed by atoms with van der Waals surface area (Å²) in [6, 6.07) is 3.81. The predicted molar refractivity (Wildman–Crippen MR) is 78.9 cm³/mol. The maximum absolute atomic E-state index is 12.2. The lowest BCUT2D eigenvalue weighted by Gasteiger charge is -2.11. The van der Waals surface area contributed by atoms with E-state index in [-0.39, 0.29) is 16.5 Å². The molecule has 1 fully saturated rings. The third-order valence-electron chi connectivity index (χ3n) is 3.35. The average molecular weight is 334 g/mol. The number of nitrogens with zero attached hydrogens (tertiary/aromatic N) is 1. The molecule has 0 saturated carbocycles. The van der Waals surface area contributed by atoms with Crippen molar-refractivity contribution in [1.29, 1.82) is 0 Å². The number of nitro groups is 1. The van der Waals surface area contributed by atoms with Crippen LogP contribution >= 0.6 is 11.6 Å². The Kier molecular flexibility index (Phi) is 5.15. The molecule has 0 radical (unpaired) electrons. The molecule has 1 aliphatic heterocycles. The highest BCUT2D eigenvalue weighted by Crippen LogP contribution is 2.27. The average Bonchev–Trinajstić information content (AvgIpc) is 2.91. The number of halogens is 1. The Hall–Kier alpha value is -1.22. The van der Waals surface area contributed by atoms with Crippen molar-refractivity contribution < 1.29 is 13.3 Å². The van der Waals surface area contributed by atoms with Crippen LogP contribution in [0.3, 0.4) is 0 Å². The van der Waals surface area contributed by atoms with E-state index in [1.54, 1.807) is 0 Å². The summed E-state index contributed by atoms with van der Waals surface area (Å²) < 4.78 is 26.7. The Morgan fingerprint density at radius 1 is 1.48 bits per heavy atom. The molecule has 2 rings (SSSR count). The molecule has 0 unspecified atom stereocenters. The van der Waals surface area contributed by atoms with Gasteiger partial charge >= 0.3 is 0 Å². The van der Waals surface area contributed by atoms with Gasteiger partial charge in [-0.3, -0.25) is 10.1 Å². The van der Waals surface area contributed by atoms with Crippen molar-refractivity contribution in [2.45, 2.75) is 30.2 Å². The number of benzene rings is 1. The number of rotatable bonds is 6. The molecule has 0 aromatic heterocycles. The highest BCUT2D eigenvalue weighted by Gasteiger charge is 2.26. The number of nitro benzene ring substituents is 1. The van der Waals surface area contributed by atoms with Crippen LogP contribution < -0.4 is 10.0 Å². The zero-order chi connectivity index (χ0) is 15.5. The molecule has 0 spiro atoms. The van der Waals surface area contributed by atoms with Gasteiger partial charge in [-0.05, 0) is 37.9 Å². The van der Waals surface area contributed by atoms with Gasteiger partial charge < -0.3 is 5.32 Å². The summed E-state index contributed by atoms with van der Waals surface area (Å²) in [5, 5.41) is 14.3. The summed E-state index contributed by atoms with van der Waals surface area (Å²) in [5.74, 6) is 0. The minimum absolute atomic E-state index is 0.121. The third kappa shape index (κ3) is 4.13. The fraction of sp³-hybridized carbons (Fsp3) is 0.500. The van der Waals surface area contributed by atoms with Crippen molar-refractivity contribution in [2.24, 2.45) is 0 Å². The lowest BCUT2D eigenvalue weighted by atomic mass is 10.2. The van der Waals surface area contributed by atoms with E-state index >= 15 is 0 Å². The van der Waals surface area contributed by atoms with Crippen LogP contribution in [0.2, 0.25) is 5.02 Å². The minimum Gasteiger partial charge on any atom is -0.314 e. The van der Waals surface area contributed by atoms with E-state index in [0.717, 1.165) is 31.5 Å². The third-order valence-corrected chi connectivity index (χ3v) is 5.10. The van der Waals surface area contributed by atoms with Crippen molar-refractivity contribution in [2.75, 3.05) is 13.1 Å². The topological polar surface area (TPSA) is 101 Å². The van der Waals surface area contributed by atoms with Gasteiger partial charge in [0.1, 0.15) is 0 Å². The first-order chi connectivity index (χ1) is 9.90. The van der Waals surface area contributed by atoms with Gasteiger partial charge in [0, 0.05) is 23.7 Å². The second-order valence-corrected chi connectivity index (χ2v) is 7.02. The predicted octanol–water partition coefficient (Wildman–Crippen LogP) is 1.67. The number of nitrogens with one attached hydrogen (secondary N) is 2. The zero-order valence-electron chi connectivity index (χ0n) is 11.2. The van der Waals surface area contributed by atoms with Crippen molar-refractivity contribution in [3.05, 3.63) is 33.3 Å². The molecular formula is C12H16ClN3O4S. The van der Waals surface area contributed by atoms with Crippen molar-refractivity contribution >= 4 is 27.3 Å². The Labute approximate surface area is 127 Å². The van der Waals surface area contributed by atoms with Crippen LogP contribution in [0.1, 0.15) is 19.3 Å². The minimum atomic E-state index is -3.92. The van der Waals surface area contributed by atoms with E-state index in [2.05, 4.69) is 10.0 Å². The molecule has 1 atom stereocenters. The second-order valence-electron chi connectivity index (χ2n) is 4.85. The number of hydrogen-bond acceptors (Lipinski definition) is 5. The molecule has 2 N–H and O–H groups in total. The quantitative estimate of drug-likeness (QED) is 0.609. The maximum atomic E-state index is 12.2. The van der Waals surface area contributed by atoms with Gasteiger partial charge in [-0.25, -0.2) is 13.1 Å². The first kappa shape index (κ1) is 16.2. The molecule has 0 bridgehead atoms. The van der Waals surface area contributed by atoms with Crippen LogP contribution in [-0.4, -0.2) is 32.5 Å². The fourth-order valence-electron chi connectivity index (χ4n) is 2.31. The van der Waals surface area contributed by atoms with Gasteiger partial charge in [0.15, 0.2) is 4.90 Å². The highest BCUT2D eigenvalue weighted by molar-refractivity contribution is 7.89. The molecule has 0 amide bonds. The monoisotopic (exact) mass is 333 g/mol. The fourth-order valence-corrected chi connectivity index (χ4v) is 3.67. The van der Waals surface area contributed by atoms with E-state index in [1.165, 1.54) is 6.07 Å². The van der Waals surface area contributed by atoms with Gasteiger partial charge in [0.05, 0.1) is 4.92 Å². The largest absolute Gasteiger partial charge is 0.314 e. The molecule has 1 aromatic rings. The summed E-state index contributed by atoms with van der Waals surface area (Å²) in [5.41, 5.74) is -0.519. The Morgan fingerprint density at radius 2 is 2.24 bits per heavy atom. The maximum Gasteiger partial charge on any atom is 0.290 e. The molecule has 0 aliphatic carbocycles. The van der Waals surface area contributed by atoms with Gasteiger partial charge in [-0.2, -0.15) is 0 Å². The normalized spacial score (nSPS) is 18.8.